The van der Waals surface area contributed by atoms with Crippen molar-refractivity contribution in [2.45, 2.75) is 0 Å². The zero-order chi connectivity index (χ0) is 16.1. The highest BCUT2D eigenvalue weighted by molar-refractivity contribution is 5.64. The molecule has 5 nitrogen and oxygen atoms in total. The van der Waals surface area contributed by atoms with Crippen LogP contribution < -0.4 is 4.74 Å². The van der Waals surface area contributed by atoms with E-state index < -0.39 is 0 Å². The van der Waals surface area contributed by atoms with Gasteiger partial charge in [0.2, 0.25) is 0 Å². The summed E-state index contributed by atoms with van der Waals surface area (Å²) < 4.78 is 25.8. The van der Waals surface area contributed by atoms with Crippen LogP contribution in [0.3, 0.4) is 0 Å². The highest BCUT2D eigenvalue weighted by atomic mass is 19.1. The Hall–Kier alpha value is -2.44. The van der Waals surface area contributed by atoms with Crippen LogP contribution in [0.15, 0.2) is 48.8 Å². The smallest absolute Gasteiger partial charge is 0.139 e. The quantitative estimate of drug-likeness (QED) is 0.681. The molecule has 1 N–H and O–H groups in total. The Morgan fingerprint density at radius 3 is 2.65 bits per heavy atom. The molecule has 0 bridgehead atoms. The molecule has 0 amide bonds. The maximum atomic E-state index is 13.4. The lowest BCUT2D eigenvalue weighted by atomic mass is 10.1. The number of aromatic nitrogens is 2. The summed E-state index contributed by atoms with van der Waals surface area (Å²) in [6, 6.07) is 10.5. The fourth-order valence-corrected chi connectivity index (χ4v) is 2.28. The van der Waals surface area contributed by atoms with Gasteiger partial charge >= 0.3 is 0 Å². The zero-order valence-electron chi connectivity index (χ0n) is 12.5. The summed E-state index contributed by atoms with van der Waals surface area (Å²) in [6.07, 6.45) is 3.13. The highest BCUT2D eigenvalue weighted by Crippen LogP contribution is 2.23. The maximum absolute atomic E-state index is 13.4. The SMILES string of the molecule is OCCOCCOc1ccc(-c2cnc3ccc(F)cn23)cc1. The number of hydrogen-bond donors (Lipinski definition) is 1. The first-order chi connectivity index (χ1) is 11.3. The van der Waals surface area contributed by atoms with E-state index in [9.17, 15) is 4.39 Å². The van der Waals surface area contributed by atoms with Gasteiger partial charge in [0.1, 0.15) is 23.8 Å². The van der Waals surface area contributed by atoms with E-state index in [0.717, 1.165) is 17.0 Å². The summed E-state index contributed by atoms with van der Waals surface area (Å²) >= 11 is 0. The predicted octanol–water partition coefficient (Wildman–Crippen LogP) is 2.53. The van der Waals surface area contributed by atoms with Crippen LogP contribution in [-0.2, 0) is 4.74 Å². The van der Waals surface area contributed by atoms with Crippen molar-refractivity contribution in [1.82, 2.24) is 9.38 Å². The Morgan fingerprint density at radius 2 is 1.87 bits per heavy atom. The van der Waals surface area contributed by atoms with Crippen LogP contribution in [0.25, 0.3) is 16.9 Å². The van der Waals surface area contributed by atoms with Crippen molar-refractivity contribution in [3.63, 3.8) is 0 Å². The van der Waals surface area contributed by atoms with Gasteiger partial charge in [0.15, 0.2) is 0 Å². The Balaban J connectivity index is 1.70. The Morgan fingerprint density at radius 1 is 1.04 bits per heavy atom. The van der Waals surface area contributed by atoms with E-state index in [0.29, 0.717) is 25.5 Å². The van der Waals surface area contributed by atoms with Gasteiger partial charge in [-0.3, -0.25) is 4.40 Å². The van der Waals surface area contributed by atoms with Gasteiger partial charge in [0.25, 0.3) is 0 Å². The number of halogens is 1. The summed E-state index contributed by atoms with van der Waals surface area (Å²) in [4.78, 5) is 4.26. The average Bonchev–Trinajstić information content (AvgIpc) is 2.98. The number of benzene rings is 1. The number of pyridine rings is 1. The highest BCUT2D eigenvalue weighted by Gasteiger charge is 2.07. The number of hydrogen-bond acceptors (Lipinski definition) is 4. The summed E-state index contributed by atoms with van der Waals surface area (Å²) in [5.41, 5.74) is 2.44. The van der Waals surface area contributed by atoms with E-state index in [2.05, 4.69) is 4.98 Å². The molecule has 2 heterocycles. The molecule has 0 atom stereocenters. The first-order valence-electron chi connectivity index (χ1n) is 7.32. The van der Waals surface area contributed by atoms with Crippen LogP contribution in [0, 0.1) is 5.82 Å². The van der Waals surface area contributed by atoms with Crippen LogP contribution in [-0.4, -0.2) is 40.9 Å². The lowest BCUT2D eigenvalue weighted by Gasteiger charge is -2.07. The molecule has 0 aliphatic carbocycles. The minimum Gasteiger partial charge on any atom is -0.491 e. The second-order valence-electron chi connectivity index (χ2n) is 4.93. The van der Waals surface area contributed by atoms with Crippen molar-refractivity contribution in [2.24, 2.45) is 0 Å². The van der Waals surface area contributed by atoms with Crippen LogP contribution in [0.4, 0.5) is 4.39 Å². The molecule has 0 unspecified atom stereocenters. The predicted molar refractivity (Wildman–Crippen MR) is 84.0 cm³/mol. The molecule has 0 fully saturated rings. The molecule has 6 heteroatoms. The minimum atomic E-state index is -0.306. The van der Waals surface area contributed by atoms with Gasteiger partial charge in [0, 0.05) is 11.8 Å². The van der Waals surface area contributed by atoms with Gasteiger partial charge in [-0.1, -0.05) is 0 Å². The topological polar surface area (TPSA) is 56.0 Å². The van der Waals surface area contributed by atoms with E-state index >= 15 is 0 Å². The number of aliphatic hydroxyl groups is 1. The molecule has 3 aromatic rings. The molecular formula is C17H17FN2O3. The third-order valence-electron chi connectivity index (χ3n) is 3.35. The molecule has 0 saturated heterocycles. The standard InChI is InChI=1S/C17H17FN2O3/c18-14-3-6-17-19-11-16(20(17)12-14)13-1-4-15(5-2-13)23-10-9-22-8-7-21/h1-6,11-12,21H,7-10H2. The molecule has 120 valence electrons. The molecule has 23 heavy (non-hydrogen) atoms. The van der Waals surface area contributed by atoms with Gasteiger partial charge < -0.3 is 14.6 Å². The summed E-state index contributed by atoms with van der Waals surface area (Å²) in [5.74, 6) is 0.418. The van der Waals surface area contributed by atoms with Gasteiger partial charge in [-0.2, -0.15) is 0 Å². The monoisotopic (exact) mass is 316 g/mol. The van der Waals surface area contributed by atoms with Crippen molar-refractivity contribution >= 4 is 5.65 Å². The Kier molecular flexibility index (Phi) is 4.85. The summed E-state index contributed by atoms with van der Waals surface area (Å²) in [5, 5.41) is 8.60. The average molecular weight is 316 g/mol. The normalized spacial score (nSPS) is 11.0. The number of nitrogens with zero attached hydrogens (tertiary/aromatic N) is 2. The number of rotatable bonds is 7. The molecule has 0 radical (unpaired) electrons. The summed E-state index contributed by atoms with van der Waals surface area (Å²) in [6.45, 7) is 1.16. The number of ether oxygens (including phenoxy) is 2. The largest absolute Gasteiger partial charge is 0.491 e. The molecule has 0 saturated carbocycles. The third-order valence-corrected chi connectivity index (χ3v) is 3.35. The zero-order valence-corrected chi connectivity index (χ0v) is 12.5. The molecule has 3 rings (SSSR count). The molecular weight excluding hydrogens is 299 g/mol. The second kappa shape index (κ2) is 7.21. The molecule has 0 aliphatic heterocycles. The van der Waals surface area contributed by atoms with E-state index in [1.165, 1.54) is 12.3 Å². The molecule has 0 aliphatic rings. The third kappa shape index (κ3) is 3.67. The Bertz CT molecular complexity index is 771. The fraction of sp³-hybridized carbons (Fsp3) is 0.235. The van der Waals surface area contributed by atoms with E-state index in [1.54, 1.807) is 16.7 Å². The van der Waals surface area contributed by atoms with Crippen LogP contribution in [0.5, 0.6) is 5.75 Å². The molecule has 2 aromatic heterocycles. The number of aliphatic hydroxyl groups excluding tert-OH is 1. The van der Waals surface area contributed by atoms with Crippen molar-refractivity contribution in [2.75, 3.05) is 26.4 Å². The molecule has 0 spiro atoms. The number of fused-ring (bicyclic) bond motifs is 1. The van der Waals surface area contributed by atoms with Gasteiger partial charge in [-0.05, 0) is 36.4 Å². The van der Waals surface area contributed by atoms with Gasteiger partial charge in [0.05, 0.1) is 31.7 Å². The minimum absolute atomic E-state index is 0.00853. The van der Waals surface area contributed by atoms with Crippen molar-refractivity contribution < 1.29 is 19.0 Å². The van der Waals surface area contributed by atoms with E-state index in [-0.39, 0.29) is 12.4 Å². The van der Waals surface area contributed by atoms with Crippen LogP contribution in [0.2, 0.25) is 0 Å². The van der Waals surface area contributed by atoms with Crippen LogP contribution in [0.1, 0.15) is 0 Å². The van der Waals surface area contributed by atoms with E-state index in [1.807, 2.05) is 24.3 Å². The summed E-state index contributed by atoms with van der Waals surface area (Å²) in [7, 11) is 0. The van der Waals surface area contributed by atoms with Crippen molar-refractivity contribution in [3.05, 3.63) is 54.6 Å². The van der Waals surface area contributed by atoms with Gasteiger partial charge in [-0.25, -0.2) is 9.37 Å². The fourth-order valence-electron chi connectivity index (χ4n) is 2.28. The number of imidazole rings is 1. The van der Waals surface area contributed by atoms with E-state index in [4.69, 9.17) is 14.6 Å². The maximum Gasteiger partial charge on any atom is 0.139 e. The Labute approximate surface area is 132 Å². The molecule has 1 aromatic carbocycles. The lowest BCUT2D eigenvalue weighted by molar-refractivity contribution is 0.0705. The second-order valence-corrected chi connectivity index (χ2v) is 4.93. The lowest BCUT2D eigenvalue weighted by Crippen LogP contribution is -2.09. The first-order valence-corrected chi connectivity index (χ1v) is 7.32. The van der Waals surface area contributed by atoms with Gasteiger partial charge in [-0.15, -0.1) is 0 Å². The van der Waals surface area contributed by atoms with Crippen LogP contribution >= 0.6 is 0 Å². The van der Waals surface area contributed by atoms with Crippen molar-refractivity contribution in [3.8, 4) is 17.0 Å². The van der Waals surface area contributed by atoms with Crippen molar-refractivity contribution in [1.29, 1.82) is 0 Å². The first kappa shape index (κ1) is 15.5.